The minimum absolute atomic E-state index is 0.0720. The van der Waals surface area contributed by atoms with Crippen molar-refractivity contribution >= 4 is 5.97 Å². The van der Waals surface area contributed by atoms with Crippen molar-refractivity contribution in [3.8, 4) is 11.5 Å². The third kappa shape index (κ3) is 2.90. The van der Waals surface area contributed by atoms with Crippen molar-refractivity contribution in [3.05, 3.63) is 23.3 Å². The highest BCUT2D eigenvalue weighted by atomic mass is 16.5. The first-order chi connectivity index (χ1) is 8.01. The lowest BCUT2D eigenvalue weighted by Gasteiger charge is -2.18. The van der Waals surface area contributed by atoms with E-state index >= 15 is 0 Å². The predicted molar refractivity (Wildman–Crippen MR) is 65.0 cm³/mol. The van der Waals surface area contributed by atoms with Crippen LogP contribution in [-0.4, -0.2) is 25.3 Å². The SMILES string of the molecule is COc1c(C)ccc([C@H](C)CC(=O)O)c1OC. The van der Waals surface area contributed by atoms with Crippen molar-refractivity contribution in [2.75, 3.05) is 14.2 Å². The molecular formula is C13H18O4. The molecule has 0 unspecified atom stereocenters. The number of carboxylic acids is 1. The lowest BCUT2D eigenvalue weighted by Crippen LogP contribution is -2.06. The van der Waals surface area contributed by atoms with Crippen LogP contribution in [0, 0.1) is 6.92 Å². The van der Waals surface area contributed by atoms with Gasteiger partial charge in [-0.2, -0.15) is 0 Å². The van der Waals surface area contributed by atoms with Crippen LogP contribution in [0.2, 0.25) is 0 Å². The minimum Gasteiger partial charge on any atom is -0.493 e. The van der Waals surface area contributed by atoms with Gasteiger partial charge in [-0.15, -0.1) is 0 Å². The van der Waals surface area contributed by atoms with Gasteiger partial charge in [0.2, 0.25) is 0 Å². The van der Waals surface area contributed by atoms with E-state index in [4.69, 9.17) is 14.6 Å². The number of benzene rings is 1. The van der Waals surface area contributed by atoms with E-state index < -0.39 is 5.97 Å². The summed E-state index contributed by atoms with van der Waals surface area (Å²) in [5.74, 6) is 0.361. The molecule has 17 heavy (non-hydrogen) atoms. The standard InChI is InChI=1S/C13H18O4/c1-8-5-6-10(9(2)7-11(14)15)13(17-4)12(8)16-3/h5-6,9H,7H2,1-4H3,(H,14,15)/t9-/m1/s1. The summed E-state index contributed by atoms with van der Waals surface area (Å²) in [6.45, 7) is 3.79. The maximum absolute atomic E-state index is 10.7. The topological polar surface area (TPSA) is 55.8 Å². The number of methoxy groups -OCH3 is 2. The number of aliphatic carboxylic acids is 1. The van der Waals surface area contributed by atoms with E-state index in [1.165, 1.54) is 0 Å². The van der Waals surface area contributed by atoms with E-state index in [1.807, 2.05) is 26.0 Å². The maximum Gasteiger partial charge on any atom is 0.303 e. The molecule has 0 radical (unpaired) electrons. The van der Waals surface area contributed by atoms with Crippen molar-refractivity contribution in [3.63, 3.8) is 0 Å². The Bertz CT molecular complexity index is 412. The molecule has 4 nitrogen and oxygen atoms in total. The zero-order valence-electron chi connectivity index (χ0n) is 10.6. The summed E-state index contributed by atoms with van der Waals surface area (Å²) in [6.07, 6.45) is 0.0720. The van der Waals surface area contributed by atoms with Gasteiger partial charge in [0.05, 0.1) is 20.6 Å². The van der Waals surface area contributed by atoms with E-state index in [0.717, 1.165) is 11.1 Å². The number of carboxylic acid groups (broad SMARTS) is 1. The van der Waals surface area contributed by atoms with Crippen molar-refractivity contribution in [2.24, 2.45) is 0 Å². The van der Waals surface area contributed by atoms with Crippen LogP contribution in [0.5, 0.6) is 11.5 Å². The number of aryl methyl sites for hydroxylation is 1. The molecule has 0 bridgehead atoms. The summed E-state index contributed by atoms with van der Waals surface area (Å²) in [5, 5.41) is 8.82. The van der Waals surface area contributed by atoms with Gasteiger partial charge >= 0.3 is 5.97 Å². The van der Waals surface area contributed by atoms with Crippen molar-refractivity contribution in [1.82, 2.24) is 0 Å². The fourth-order valence-corrected chi connectivity index (χ4v) is 1.90. The molecule has 0 aliphatic heterocycles. The highest BCUT2D eigenvalue weighted by molar-refractivity contribution is 5.68. The molecule has 1 atom stereocenters. The Kier molecular flexibility index (Phi) is 4.37. The normalized spacial score (nSPS) is 12.0. The summed E-state index contributed by atoms with van der Waals surface area (Å²) in [7, 11) is 3.14. The number of hydrogen-bond donors (Lipinski definition) is 1. The fourth-order valence-electron chi connectivity index (χ4n) is 1.90. The average molecular weight is 238 g/mol. The molecule has 1 aromatic rings. The molecule has 0 amide bonds. The summed E-state index contributed by atoms with van der Waals surface area (Å²) in [6, 6.07) is 3.80. The number of rotatable bonds is 5. The molecule has 1 rings (SSSR count). The average Bonchev–Trinajstić information content (AvgIpc) is 2.27. The summed E-state index contributed by atoms with van der Waals surface area (Å²) in [5.41, 5.74) is 1.83. The summed E-state index contributed by atoms with van der Waals surface area (Å²) >= 11 is 0. The predicted octanol–water partition coefficient (Wildman–Crippen LogP) is 2.59. The van der Waals surface area contributed by atoms with Gasteiger partial charge in [0, 0.05) is 5.56 Å². The smallest absolute Gasteiger partial charge is 0.303 e. The number of hydrogen-bond acceptors (Lipinski definition) is 3. The molecule has 0 saturated heterocycles. The Morgan fingerprint density at radius 1 is 1.29 bits per heavy atom. The Morgan fingerprint density at radius 2 is 1.88 bits per heavy atom. The second-order valence-electron chi connectivity index (χ2n) is 4.04. The lowest BCUT2D eigenvalue weighted by molar-refractivity contribution is -0.137. The molecule has 0 aliphatic carbocycles. The van der Waals surface area contributed by atoms with Crippen LogP contribution in [-0.2, 0) is 4.79 Å². The molecular weight excluding hydrogens is 220 g/mol. The zero-order chi connectivity index (χ0) is 13.0. The first-order valence-electron chi connectivity index (χ1n) is 5.44. The van der Waals surface area contributed by atoms with Crippen LogP contribution in [0.3, 0.4) is 0 Å². The van der Waals surface area contributed by atoms with Crippen molar-refractivity contribution in [2.45, 2.75) is 26.2 Å². The first kappa shape index (κ1) is 13.4. The lowest BCUT2D eigenvalue weighted by atomic mass is 9.95. The third-order valence-corrected chi connectivity index (χ3v) is 2.76. The zero-order valence-corrected chi connectivity index (χ0v) is 10.6. The third-order valence-electron chi connectivity index (χ3n) is 2.76. The van der Waals surface area contributed by atoms with E-state index in [0.29, 0.717) is 11.5 Å². The number of carbonyl (C=O) groups is 1. The van der Waals surface area contributed by atoms with Crippen LogP contribution < -0.4 is 9.47 Å². The summed E-state index contributed by atoms with van der Waals surface area (Å²) in [4.78, 5) is 10.7. The Labute approximate surface area is 101 Å². The first-order valence-corrected chi connectivity index (χ1v) is 5.44. The molecule has 94 valence electrons. The molecule has 0 aromatic heterocycles. The van der Waals surface area contributed by atoms with Crippen LogP contribution in [0.25, 0.3) is 0 Å². The van der Waals surface area contributed by atoms with Gasteiger partial charge in [-0.3, -0.25) is 4.79 Å². The second-order valence-corrected chi connectivity index (χ2v) is 4.04. The van der Waals surface area contributed by atoms with Gasteiger partial charge < -0.3 is 14.6 Å². The maximum atomic E-state index is 10.7. The fraction of sp³-hybridized carbons (Fsp3) is 0.462. The molecule has 0 heterocycles. The monoisotopic (exact) mass is 238 g/mol. The Morgan fingerprint density at radius 3 is 2.35 bits per heavy atom. The molecule has 0 spiro atoms. The molecule has 4 heteroatoms. The van der Waals surface area contributed by atoms with Gasteiger partial charge in [0.1, 0.15) is 0 Å². The van der Waals surface area contributed by atoms with Crippen LogP contribution in [0.1, 0.15) is 30.4 Å². The van der Waals surface area contributed by atoms with E-state index in [-0.39, 0.29) is 12.3 Å². The van der Waals surface area contributed by atoms with Crippen molar-refractivity contribution < 1.29 is 19.4 Å². The molecule has 0 fully saturated rings. The van der Waals surface area contributed by atoms with Gasteiger partial charge in [-0.1, -0.05) is 19.1 Å². The van der Waals surface area contributed by atoms with E-state index in [9.17, 15) is 4.79 Å². The van der Waals surface area contributed by atoms with Gasteiger partial charge in [-0.25, -0.2) is 0 Å². The quantitative estimate of drug-likeness (QED) is 0.856. The molecule has 1 aromatic carbocycles. The van der Waals surface area contributed by atoms with E-state index in [1.54, 1.807) is 14.2 Å². The van der Waals surface area contributed by atoms with Gasteiger partial charge in [-0.05, 0) is 18.4 Å². The molecule has 1 N–H and O–H groups in total. The minimum atomic E-state index is -0.820. The van der Waals surface area contributed by atoms with Gasteiger partial charge in [0.15, 0.2) is 11.5 Å². The Balaban J connectivity index is 3.19. The van der Waals surface area contributed by atoms with E-state index in [2.05, 4.69) is 0 Å². The second kappa shape index (κ2) is 5.57. The molecule has 0 saturated carbocycles. The number of ether oxygens (including phenoxy) is 2. The largest absolute Gasteiger partial charge is 0.493 e. The highest BCUT2D eigenvalue weighted by Crippen LogP contribution is 2.38. The summed E-state index contributed by atoms with van der Waals surface area (Å²) < 4.78 is 10.6. The van der Waals surface area contributed by atoms with Gasteiger partial charge in [0.25, 0.3) is 0 Å². The van der Waals surface area contributed by atoms with Crippen LogP contribution in [0.15, 0.2) is 12.1 Å². The van der Waals surface area contributed by atoms with Crippen molar-refractivity contribution in [1.29, 1.82) is 0 Å². The highest BCUT2D eigenvalue weighted by Gasteiger charge is 2.19. The van der Waals surface area contributed by atoms with Crippen LogP contribution in [0.4, 0.5) is 0 Å². The van der Waals surface area contributed by atoms with Crippen LogP contribution >= 0.6 is 0 Å². The Hall–Kier alpha value is -1.71. The molecule has 0 aliphatic rings.